The maximum Gasteiger partial charge on any atom is -0.000741 e. The van der Waals surface area contributed by atoms with Crippen LogP contribution < -0.4 is 0 Å². The van der Waals surface area contributed by atoms with E-state index in [-0.39, 0.29) is 0 Å². The van der Waals surface area contributed by atoms with E-state index >= 15 is 0 Å². The molecule has 1 aliphatic carbocycles. The summed E-state index contributed by atoms with van der Waals surface area (Å²) in [4.78, 5) is 0. The highest BCUT2D eigenvalue weighted by Gasteiger charge is 2.31. The van der Waals surface area contributed by atoms with Crippen LogP contribution in [0.5, 0.6) is 0 Å². The Morgan fingerprint density at radius 2 is 0.574 bits per heavy atom. The summed E-state index contributed by atoms with van der Waals surface area (Å²) in [5, 5.41) is 13.1. The fourth-order valence-corrected chi connectivity index (χ4v) is 9.75. The molecule has 0 saturated carbocycles. The number of rotatable bonds is 4. The summed E-state index contributed by atoms with van der Waals surface area (Å²) in [6, 6.07) is 72.1. The highest BCUT2D eigenvalue weighted by molar-refractivity contribution is 6.31. The second-order valence-electron chi connectivity index (χ2n) is 14.7. The van der Waals surface area contributed by atoms with Gasteiger partial charge in [-0.05, 0) is 121 Å². The predicted molar refractivity (Wildman–Crippen MR) is 231 cm³/mol. The van der Waals surface area contributed by atoms with Gasteiger partial charge in [-0.3, -0.25) is 0 Å². The first-order valence-corrected chi connectivity index (χ1v) is 18.9. The number of benzene rings is 11. The van der Waals surface area contributed by atoms with Gasteiger partial charge in [-0.15, -0.1) is 0 Å². The third-order valence-corrected chi connectivity index (χ3v) is 12.0. The largest absolute Gasteiger partial charge is 0.0622 e. The van der Waals surface area contributed by atoms with Crippen LogP contribution in [-0.2, 0) is 0 Å². The molecular weight excluding hydrogens is 649 g/mol. The third-order valence-electron chi connectivity index (χ3n) is 12.0. The average Bonchev–Trinajstić information content (AvgIpc) is 3.57. The van der Waals surface area contributed by atoms with Crippen LogP contribution in [0, 0.1) is 0 Å². The van der Waals surface area contributed by atoms with Crippen LogP contribution in [0.2, 0.25) is 0 Å². The van der Waals surface area contributed by atoms with Crippen LogP contribution >= 0.6 is 0 Å². The Kier molecular flexibility index (Phi) is 6.15. The molecule has 54 heavy (non-hydrogen) atoms. The van der Waals surface area contributed by atoms with E-state index in [1.165, 1.54) is 121 Å². The molecule has 0 unspecified atom stereocenters. The maximum atomic E-state index is 2.41. The molecule has 0 saturated heterocycles. The van der Waals surface area contributed by atoms with Crippen LogP contribution in [-0.4, -0.2) is 0 Å². The van der Waals surface area contributed by atoms with Crippen molar-refractivity contribution >= 4 is 53.9 Å². The molecule has 0 nitrogen and oxygen atoms in total. The fraction of sp³-hybridized carbons (Fsp3) is 0. The standard InChI is InChI=1S/C54H32/c1-4-13-33(14-5-1)38-27-23-36-26-30-45-39(28-24-37-25-29-44(38)48(36)49(37)45)40-31-32-47-52-41(40)21-12-22-46(52)53-50(34-15-6-2-7-16-34)42-19-10-11-20-43(42)51(54(47)53)35-17-8-3-9-18-35/h1-32H. The van der Waals surface area contributed by atoms with E-state index in [2.05, 4.69) is 194 Å². The second-order valence-corrected chi connectivity index (χ2v) is 14.7. The van der Waals surface area contributed by atoms with E-state index in [4.69, 9.17) is 0 Å². The zero-order valence-electron chi connectivity index (χ0n) is 29.5. The Morgan fingerprint density at radius 3 is 1.15 bits per heavy atom. The van der Waals surface area contributed by atoms with Gasteiger partial charge in [-0.2, -0.15) is 0 Å². The minimum atomic E-state index is 1.25. The van der Waals surface area contributed by atoms with Crippen molar-refractivity contribution in [3.05, 3.63) is 194 Å². The first-order valence-electron chi connectivity index (χ1n) is 18.9. The Labute approximate surface area is 313 Å². The summed E-state index contributed by atoms with van der Waals surface area (Å²) in [6.45, 7) is 0. The summed E-state index contributed by atoms with van der Waals surface area (Å²) < 4.78 is 0. The summed E-state index contributed by atoms with van der Waals surface area (Å²) in [5.74, 6) is 0. The number of hydrogen-bond donors (Lipinski definition) is 0. The van der Waals surface area contributed by atoms with Gasteiger partial charge in [0.2, 0.25) is 0 Å². The molecule has 0 heteroatoms. The van der Waals surface area contributed by atoms with Crippen molar-refractivity contribution in [1.82, 2.24) is 0 Å². The van der Waals surface area contributed by atoms with Gasteiger partial charge in [-0.25, -0.2) is 0 Å². The van der Waals surface area contributed by atoms with Gasteiger partial charge < -0.3 is 0 Å². The molecule has 0 amide bonds. The lowest BCUT2D eigenvalue weighted by molar-refractivity contribution is 1.62. The maximum absolute atomic E-state index is 2.41. The van der Waals surface area contributed by atoms with Crippen molar-refractivity contribution in [1.29, 1.82) is 0 Å². The Balaban J connectivity index is 1.17. The molecule has 0 radical (unpaired) electrons. The molecule has 1 aliphatic rings. The van der Waals surface area contributed by atoms with Gasteiger partial charge in [0.15, 0.2) is 0 Å². The zero-order chi connectivity index (χ0) is 35.3. The quantitative estimate of drug-likeness (QED) is 0.162. The lowest BCUT2D eigenvalue weighted by Gasteiger charge is -2.20. The molecule has 0 heterocycles. The van der Waals surface area contributed by atoms with Crippen molar-refractivity contribution in [3.63, 3.8) is 0 Å². The second kappa shape index (κ2) is 11.2. The highest BCUT2D eigenvalue weighted by atomic mass is 14.3. The zero-order valence-corrected chi connectivity index (χ0v) is 29.5. The van der Waals surface area contributed by atoms with Crippen molar-refractivity contribution in [2.24, 2.45) is 0 Å². The fourth-order valence-electron chi connectivity index (χ4n) is 9.75. The minimum Gasteiger partial charge on any atom is -0.0622 e. The van der Waals surface area contributed by atoms with Gasteiger partial charge in [0.25, 0.3) is 0 Å². The first kappa shape index (κ1) is 29.5. The Bertz CT molecular complexity index is 3190. The van der Waals surface area contributed by atoms with E-state index in [9.17, 15) is 0 Å². The SMILES string of the molecule is c1ccc(-c2c3c(c(-c4ccccc4)c4ccccc24)-c2ccc(-c4ccc5ccc6c(-c7ccccc7)ccc7ccc4c5c76)c4cccc-3c24)cc1. The summed E-state index contributed by atoms with van der Waals surface area (Å²) in [7, 11) is 0. The molecule has 0 atom stereocenters. The molecule has 11 aromatic rings. The van der Waals surface area contributed by atoms with Crippen LogP contribution in [0.1, 0.15) is 0 Å². The van der Waals surface area contributed by atoms with E-state index < -0.39 is 0 Å². The lowest BCUT2D eigenvalue weighted by Crippen LogP contribution is -1.93. The normalized spacial score (nSPS) is 12.1. The predicted octanol–water partition coefficient (Wildman–Crippen LogP) is 15.2. The molecule has 0 N–H and O–H groups in total. The molecule has 0 aliphatic heterocycles. The van der Waals surface area contributed by atoms with Crippen LogP contribution in [0.15, 0.2) is 194 Å². The highest BCUT2D eigenvalue weighted by Crippen LogP contribution is 2.58. The smallest absolute Gasteiger partial charge is 0.000741 e. The van der Waals surface area contributed by atoms with Crippen LogP contribution in [0.25, 0.3) is 121 Å². The van der Waals surface area contributed by atoms with Crippen molar-refractivity contribution in [2.75, 3.05) is 0 Å². The number of fused-ring (bicyclic) bond motifs is 4. The van der Waals surface area contributed by atoms with Gasteiger partial charge in [0.05, 0.1) is 0 Å². The molecule has 0 aromatic heterocycles. The summed E-state index contributed by atoms with van der Waals surface area (Å²) in [6.07, 6.45) is 0. The van der Waals surface area contributed by atoms with Crippen LogP contribution in [0.3, 0.4) is 0 Å². The molecule has 0 spiro atoms. The van der Waals surface area contributed by atoms with Crippen LogP contribution in [0.4, 0.5) is 0 Å². The first-order chi connectivity index (χ1) is 26.8. The topological polar surface area (TPSA) is 0 Å². The van der Waals surface area contributed by atoms with E-state index in [1.54, 1.807) is 0 Å². The third kappa shape index (κ3) is 4.03. The van der Waals surface area contributed by atoms with E-state index in [1.807, 2.05) is 0 Å². The molecule has 0 fully saturated rings. The monoisotopic (exact) mass is 680 g/mol. The minimum absolute atomic E-state index is 1.25. The average molecular weight is 681 g/mol. The molecule has 0 bridgehead atoms. The molecule has 248 valence electrons. The van der Waals surface area contributed by atoms with Crippen molar-refractivity contribution < 1.29 is 0 Å². The Morgan fingerprint density at radius 1 is 0.185 bits per heavy atom. The van der Waals surface area contributed by atoms with Crippen molar-refractivity contribution in [3.8, 4) is 66.8 Å². The molecular formula is C54H32. The molecule has 12 rings (SSSR count). The van der Waals surface area contributed by atoms with E-state index in [0.717, 1.165) is 0 Å². The van der Waals surface area contributed by atoms with Gasteiger partial charge in [0.1, 0.15) is 0 Å². The summed E-state index contributed by atoms with van der Waals surface area (Å²) >= 11 is 0. The molecule has 11 aromatic carbocycles. The summed E-state index contributed by atoms with van der Waals surface area (Å²) in [5.41, 5.74) is 15.5. The number of hydrogen-bond acceptors (Lipinski definition) is 0. The van der Waals surface area contributed by atoms with E-state index in [0.29, 0.717) is 0 Å². The lowest BCUT2D eigenvalue weighted by atomic mass is 9.82. The van der Waals surface area contributed by atoms with Gasteiger partial charge in [0, 0.05) is 0 Å². The van der Waals surface area contributed by atoms with Crippen molar-refractivity contribution in [2.45, 2.75) is 0 Å². The Hall–Kier alpha value is -7.02. The van der Waals surface area contributed by atoms with Gasteiger partial charge in [-0.1, -0.05) is 194 Å². The van der Waals surface area contributed by atoms with Gasteiger partial charge >= 0.3 is 0 Å².